The van der Waals surface area contributed by atoms with Crippen LogP contribution in [0.1, 0.15) is 34.1 Å². The third-order valence-corrected chi connectivity index (χ3v) is 3.30. The Balaban J connectivity index is 3.68. The van der Waals surface area contributed by atoms with Crippen LogP contribution in [0.15, 0.2) is 0 Å². The minimum atomic E-state index is 0.713. The van der Waals surface area contributed by atoms with Gasteiger partial charge in [0.05, 0.1) is 0 Å². The minimum absolute atomic E-state index is 0.713. The van der Waals surface area contributed by atoms with Crippen molar-refractivity contribution in [3.63, 3.8) is 0 Å². The van der Waals surface area contributed by atoms with Gasteiger partial charge in [0.2, 0.25) is 0 Å². The summed E-state index contributed by atoms with van der Waals surface area (Å²) in [6.07, 6.45) is 1.28. The van der Waals surface area contributed by atoms with Gasteiger partial charge in [-0.15, -0.1) is 0 Å². The smallest absolute Gasteiger partial charge is 0.0183 e. The van der Waals surface area contributed by atoms with Gasteiger partial charge in [0.15, 0.2) is 0 Å². The van der Waals surface area contributed by atoms with Gasteiger partial charge in [0.25, 0.3) is 0 Å². The standard InChI is InChI=1S/C10H23NS/c1-5-9(4)10(11-6-2)8-12-7-3/h9-11H,5-8H2,1-4H3. The van der Waals surface area contributed by atoms with Crippen molar-refractivity contribution in [2.75, 3.05) is 18.1 Å². The van der Waals surface area contributed by atoms with Crippen molar-refractivity contribution in [1.29, 1.82) is 0 Å². The van der Waals surface area contributed by atoms with Crippen LogP contribution in [0.2, 0.25) is 0 Å². The van der Waals surface area contributed by atoms with Gasteiger partial charge in [0, 0.05) is 11.8 Å². The Kier molecular flexibility index (Phi) is 8.14. The lowest BCUT2D eigenvalue weighted by atomic mass is 10.0. The molecule has 2 unspecified atom stereocenters. The maximum Gasteiger partial charge on any atom is 0.0183 e. The number of rotatable bonds is 7. The molecule has 0 aliphatic carbocycles. The van der Waals surface area contributed by atoms with E-state index in [9.17, 15) is 0 Å². The largest absolute Gasteiger partial charge is 0.313 e. The van der Waals surface area contributed by atoms with Crippen LogP contribution in [0, 0.1) is 5.92 Å². The fraction of sp³-hybridized carbons (Fsp3) is 1.00. The molecule has 0 fully saturated rings. The van der Waals surface area contributed by atoms with E-state index < -0.39 is 0 Å². The molecule has 0 saturated heterocycles. The highest BCUT2D eigenvalue weighted by molar-refractivity contribution is 7.99. The summed E-state index contributed by atoms with van der Waals surface area (Å²) in [5.41, 5.74) is 0. The lowest BCUT2D eigenvalue weighted by molar-refractivity contribution is 0.404. The fourth-order valence-corrected chi connectivity index (χ4v) is 2.15. The number of hydrogen-bond donors (Lipinski definition) is 1. The molecule has 0 aromatic heterocycles. The number of hydrogen-bond acceptors (Lipinski definition) is 2. The molecule has 1 N–H and O–H groups in total. The molecular weight excluding hydrogens is 166 g/mol. The summed E-state index contributed by atoms with van der Waals surface area (Å²) >= 11 is 2.04. The number of thioether (sulfide) groups is 1. The Hall–Kier alpha value is 0.310. The SMILES string of the molecule is CCNC(CSCC)C(C)CC. The zero-order valence-corrected chi connectivity index (χ0v) is 9.71. The molecule has 0 aromatic carbocycles. The van der Waals surface area contributed by atoms with Gasteiger partial charge in [-0.2, -0.15) is 11.8 Å². The van der Waals surface area contributed by atoms with E-state index in [-0.39, 0.29) is 0 Å². The van der Waals surface area contributed by atoms with Crippen LogP contribution >= 0.6 is 11.8 Å². The van der Waals surface area contributed by atoms with Crippen LogP contribution in [0.25, 0.3) is 0 Å². The van der Waals surface area contributed by atoms with Gasteiger partial charge >= 0.3 is 0 Å². The maximum atomic E-state index is 3.55. The molecule has 74 valence electrons. The molecule has 12 heavy (non-hydrogen) atoms. The van der Waals surface area contributed by atoms with Gasteiger partial charge in [-0.3, -0.25) is 0 Å². The first-order valence-electron chi connectivity index (χ1n) is 5.07. The molecule has 0 aliphatic heterocycles. The van der Waals surface area contributed by atoms with Crippen LogP contribution in [-0.2, 0) is 0 Å². The summed E-state index contributed by atoms with van der Waals surface area (Å²) in [7, 11) is 0. The zero-order chi connectivity index (χ0) is 9.40. The molecule has 0 radical (unpaired) electrons. The Morgan fingerprint density at radius 2 is 1.92 bits per heavy atom. The Bertz CT molecular complexity index is 95.8. The third kappa shape index (κ3) is 5.04. The molecule has 0 saturated carbocycles. The van der Waals surface area contributed by atoms with E-state index in [4.69, 9.17) is 0 Å². The van der Waals surface area contributed by atoms with E-state index in [0.717, 1.165) is 12.5 Å². The molecule has 2 atom stereocenters. The van der Waals surface area contributed by atoms with E-state index in [0.29, 0.717) is 6.04 Å². The van der Waals surface area contributed by atoms with Gasteiger partial charge in [-0.25, -0.2) is 0 Å². The van der Waals surface area contributed by atoms with Crippen molar-refractivity contribution < 1.29 is 0 Å². The van der Waals surface area contributed by atoms with Crippen molar-refractivity contribution >= 4 is 11.8 Å². The Morgan fingerprint density at radius 1 is 1.25 bits per heavy atom. The molecule has 0 aliphatic rings. The van der Waals surface area contributed by atoms with Crippen LogP contribution in [-0.4, -0.2) is 24.1 Å². The topological polar surface area (TPSA) is 12.0 Å². The normalized spacial score (nSPS) is 16.0. The fourth-order valence-electron chi connectivity index (χ4n) is 1.22. The van der Waals surface area contributed by atoms with E-state index in [2.05, 4.69) is 33.0 Å². The number of nitrogens with one attached hydrogen (secondary N) is 1. The minimum Gasteiger partial charge on any atom is -0.313 e. The second-order valence-corrected chi connectivity index (χ2v) is 4.53. The summed E-state index contributed by atoms with van der Waals surface area (Å²) in [6.45, 7) is 10.1. The lowest BCUT2D eigenvalue weighted by Gasteiger charge is -2.23. The van der Waals surface area contributed by atoms with Crippen LogP contribution < -0.4 is 5.32 Å². The molecule has 0 spiro atoms. The van der Waals surface area contributed by atoms with E-state index in [1.165, 1.54) is 17.9 Å². The van der Waals surface area contributed by atoms with Crippen molar-refractivity contribution in [3.05, 3.63) is 0 Å². The summed E-state index contributed by atoms with van der Waals surface area (Å²) < 4.78 is 0. The lowest BCUT2D eigenvalue weighted by Crippen LogP contribution is -2.36. The molecule has 2 heteroatoms. The average Bonchev–Trinajstić information content (AvgIpc) is 2.11. The van der Waals surface area contributed by atoms with Gasteiger partial charge < -0.3 is 5.32 Å². The Labute approximate surface area is 81.7 Å². The summed E-state index contributed by atoms with van der Waals surface area (Å²) in [5, 5.41) is 3.55. The van der Waals surface area contributed by atoms with Crippen molar-refractivity contribution in [2.45, 2.75) is 40.2 Å². The monoisotopic (exact) mass is 189 g/mol. The van der Waals surface area contributed by atoms with Crippen molar-refractivity contribution in [2.24, 2.45) is 5.92 Å². The first-order valence-corrected chi connectivity index (χ1v) is 6.22. The molecule has 0 aromatic rings. The van der Waals surface area contributed by atoms with Gasteiger partial charge in [-0.1, -0.05) is 34.1 Å². The zero-order valence-electron chi connectivity index (χ0n) is 8.89. The van der Waals surface area contributed by atoms with Gasteiger partial charge in [0.1, 0.15) is 0 Å². The van der Waals surface area contributed by atoms with E-state index in [1.807, 2.05) is 11.8 Å². The molecule has 1 nitrogen and oxygen atoms in total. The Morgan fingerprint density at radius 3 is 2.33 bits per heavy atom. The molecule has 0 amide bonds. The van der Waals surface area contributed by atoms with E-state index >= 15 is 0 Å². The summed E-state index contributed by atoms with van der Waals surface area (Å²) in [4.78, 5) is 0. The highest BCUT2D eigenvalue weighted by Gasteiger charge is 2.13. The summed E-state index contributed by atoms with van der Waals surface area (Å²) in [5.74, 6) is 3.31. The van der Waals surface area contributed by atoms with Crippen LogP contribution in [0.5, 0.6) is 0 Å². The van der Waals surface area contributed by atoms with E-state index in [1.54, 1.807) is 0 Å². The average molecular weight is 189 g/mol. The maximum absolute atomic E-state index is 3.55. The second-order valence-electron chi connectivity index (χ2n) is 3.21. The van der Waals surface area contributed by atoms with Crippen molar-refractivity contribution in [1.82, 2.24) is 5.32 Å². The highest BCUT2D eigenvalue weighted by Crippen LogP contribution is 2.12. The predicted molar refractivity (Wildman–Crippen MR) is 59.9 cm³/mol. The molecular formula is C10H23NS. The first-order chi connectivity index (χ1) is 5.76. The molecule has 0 bridgehead atoms. The quantitative estimate of drug-likeness (QED) is 0.661. The van der Waals surface area contributed by atoms with Gasteiger partial charge in [-0.05, 0) is 18.2 Å². The van der Waals surface area contributed by atoms with Crippen LogP contribution in [0.3, 0.4) is 0 Å². The molecule has 0 heterocycles. The highest BCUT2D eigenvalue weighted by atomic mass is 32.2. The summed E-state index contributed by atoms with van der Waals surface area (Å²) in [6, 6.07) is 0.713. The van der Waals surface area contributed by atoms with Crippen LogP contribution in [0.4, 0.5) is 0 Å². The molecule has 0 rings (SSSR count). The van der Waals surface area contributed by atoms with Crippen molar-refractivity contribution in [3.8, 4) is 0 Å². The second kappa shape index (κ2) is 7.93. The third-order valence-electron chi connectivity index (χ3n) is 2.30. The predicted octanol–water partition coefficient (Wildman–Crippen LogP) is 2.76. The first kappa shape index (κ1) is 12.3.